The third-order valence-electron chi connectivity index (χ3n) is 5.62. The Morgan fingerprint density at radius 1 is 1.15 bits per heavy atom. The van der Waals surface area contributed by atoms with Crippen LogP contribution in [0.2, 0.25) is 0 Å². The zero-order valence-electron chi connectivity index (χ0n) is 18.2. The lowest BCUT2D eigenvalue weighted by Crippen LogP contribution is -2.40. The smallest absolute Gasteiger partial charge is 0.237 e. The van der Waals surface area contributed by atoms with Crippen LogP contribution >= 0.6 is 11.8 Å². The molecule has 3 heterocycles. The predicted octanol–water partition coefficient (Wildman–Crippen LogP) is 3.18. The number of nitrogens with zero attached hydrogens (tertiary/aromatic N) is 4. The summed E-state index contributed by atoms with van der Waals surface area (Å²) in [4.78, 5) is 27.1. The molecule has 1 aromatic heterocycles. The van der Waals surface area contributed by atoms with E-state index in [0.29, 0.717) is 40.5 Å². The van der Waals surface area contributed by atoms with E-state index in [4.69, 9.17) is 9.47 Å². The van der Waals surface area contributed by atoms with E-state index in [9.17, 15) is 9.59 Å². The van der Waals surface area contributed by atoms with Crippen molar-refractivity contribution in [2.24, 2.45) is 7.05 Å². The molecule has 0 bridgehead atoms. The Morgan fingerprint density at radius 2 is 1.91 bits per heavy atom. The molecule has 0 aliphatic carbocycles. The van der Waals surface area contributed by atoms with Gasteiger partial charge in [-0.05, 0) is 31.2 Å². The average molecular weight is 466 g/mol. The highest BCUT2D eigenvalue weighted by Gasteiger charge is 2.31. The summed E-state index contributed by atoms with van der Waals surface area (Å²) in [6.07, 6.45) is -0.156. The number of ether oxygens (including phenoxy) is 2. The highest BCUT2D eigenvalue weighted by Crippen LogP contribution is 2.36. The molecule has 9 nitrogen and oxygen atoms in total. The monoisotopic (exact) mass is 465 g/mol. The molecule has 2 aliphatic heterocycles. The molecule has 0 saturated heterocycles. The Bertz CT molecular complexity index is 1210. The Kier molecular flexibility index (Phi) is 5.67. The Hall–Kier alpha value is -3.53. The van der Waals surface area contributed by atoms with E-state index >= 15 is 0 Å². The number of rotatable bonds is 4. The van der Waals surface area contributed by atoms with Crippen molar-refractivity contribution in [3.63, 3.8) is 0 Å². The van der Waals surface area contributed by atoms with Crippen molar-refractivity contribution in [3.8, 4) is 11.5 Å². The lowest BCUT2D eigenvalue weighted by Gasteiger charge is -2.27. The number of fused-ring (bicyclic) bond motifs is 2. The lowest BCUT2D eigenvalue weighted by molar-refractivity contribution is -0.117. The molecule has 0 fully saturated rings. The number of para-hydroxylation sites is 4. The van der Waals surface area contributed by atoms with Gasteiger partial charge in [0.25, 0.3) is 0 Å². The SMILES string of the molecule is C[C@@H]1CC(=O)Nc2ccccc2N1C(=O)CSc1nnc([C@@H]2COc3ccccc3O2)n1C. The van der Waals surface area contributed by atoms with E-state index in [1.165, 1.54) is 11.8 Å². The van der Waals surface area contributed by atoms with E-state index in [-0.39, 0.29) is 30.0 Å². The molecule has 10 heteroatoms. The molecule has 3 aromatic rings. The highest BCUT2D eigenvalue weighted by molar-refractivity contribution is 7.99. The topological polar surface area (TPSA) is 98.6 Å². The van der Waals surface area contributed by atoms with Gasteiger partial charge in [-0.3, -0.25) is 9.59 Å². The van der Waals surface area contributed by atoms with Gasteiger partial charge in [0, 0.05) is 19.5 Å². The van der Waals surface area contributed by atoms with Gasteiger partial charge in [-0.1, -0.05) is 36.0 Å². The number of nitrogens with one attached hydrogen (secondary N) is 1. The first-order chi connectivity index (χ1) is 16.0. The minimum atomic E-state index is -0.392. The zero-order chi connectivity index (χ0) is 22.9. The second-order valence-corrected chi connectivity index (χ2v) is 8.88. The molecule has 0 unspecified atom stereocenters. The van der Waals surface area contributed by atoms with Gasteiger partial charge in [0.2, 0.25) is 11.8 Å². The molecule has 2 aliphatic rings. The van der Waals surface area contributed by atoms with Crippen molar-refractivity contribution in [1.82, 2.24) is 14.8 Å². The van der Waals surface area contributed by atoms with Gasteiger partial charge < -0.3 is 24.3 Å². The Labute approximate surface area is 195 Å². The van der Waals surface area contributed by atoms with Crippen molar-refractivity contribution < 1.29 is 19.1 Å². The Balaban J connectivity index is 1.30. The van der Waals surface area contributed by atoms with Crippen LogP contribution in [0.3, 0.4) is 0 Å². The van der Waals surface area contributed by atoms with Crippen LogP contribution < -0.4 is 19.7 Å². The van der Waals surface area contributed by atoms with Gasteiger partial charge in [0.15, 0.2) is 28.6 Å². The largest absolute Gasteiger partial charge is 0.485 e. The maximum absolute atomic E-state index is 13.2. The predicted molar refractivity (Wildman–Crippen MR) is 124 cm³/mol. The first-order valence-electron chi connectivity index (χ1n) is 10.6. The quantitative estimate of drug-likeness (QED) is 0.591. The molecular weight excluding hydrogens is 442 g/mol. The van der Waals surface area contributed by atoms with Crippen LogP contribution in [0, 0.1) is 0 Å². The molecule has 5 rings (SSSR count). The summed E-state index contributed by atoms with van der Waals surface area (Å²) in [5.41, 5.74) is 1.34. The molecule has 1 N–H and O–H groups in total. The van der Waals surface area contributed by atoms with E-state index in [1.807, 2.05) is 61.0 Å². The second-order valence-electron chi connectivity index (χ2n) is 7.93. The first-order valence-corrected chi connectivity index (χ1v) is 11.6. The second kappa shape index (κ2) is 8.78. The number of aromatic nitrogens is 3. The first kappa shape index (κ1) is 21.3. The lowest BCUT2D eigenvalue weighted by atomic mass is 10.2. The fourth-order valence-electron chi connectivity index (χ4n) is 4.04. The van der Waals surface area contributed by atoms with Crippen LogP contribution in [0.4, 0.5) is 11.4 Å². The van der Waals surface area contributed by atoms with Crippen molar-refractivity contribution in [3.05, 3.63) is 54.4 Å². The third kappa shape index (κ3) is 4.13. The van der Waals surface area contributed by atoms with E-state index in [2.05, 4.69) is 15.5 Å². The van der Waals surface area contributed by atoms with Gasteiger partial charge in [0.05, 0.1) is 17.1 Å². The van der Waals surface area contributed by atoms with Crippen LogP contribution in [-0.4, -0.2) is 45.0 Å². The minimum Gasteiger partial charge on any atom is -0.485 e. The van der Waals surface area contributed by atoms with Gasteiger partial charge in [-0.15, -0.1) is 10.2 Å². The molecule has 0 spiro atoms. The number of thioether (sulfide) groups is 1. The standard InChI is InChI=1S/C23H23N5O4S/c1-14-11-20(29)24-15-7-3-4-8-16(15)28(14)21(30)13-33-23-26-25-22(27(23)2)19-12-31-17-9-5-6-10-18(17)32-19/h3-10,14,19H,11-13H2,1-2H3,(H,24,29)/t14-,19+/m1/s1. The molecular formula is C23H23N5O4S. The van der Waals surface area contributed by atoms with Gasteiger partial charge in [-0.25, -0.2) is 0 Å². The normalized spacial score (nSPS) is 19.5. The number of hydrogen-bond acceptors (Lipinski definition) is 7. The summed E-state index contributed by atoms with van der Waals surface area (Å²) in [6, 6.07) is 14.6. The number of carbonyl (C=O) groups excluding carboxylic acids is 2. The molecule has 2 amide bonds. The summed E-state index contributed by atoms with van der Waals surface area (Å²) >= 11 is 1.30. The van der Waals surface area contributed by atoms with Crippen molar-refractivity contribution in [2.45, 2.75) is 30.6 Å². The number of hydrogen-bond donors (Lipinski definition) is 1. The maximum atomic E-state index is 13.2. The highest BCUT2D eigenvalue weighted by atomic mass is 32.2. The molecule has 0 radical (unpaired) electrons. The maximum Gasteiger partial charge on any atom is 0.237 e. The van der Waals surface area contributed by atoms with E-state index in [1.54, 1.807) is 11.0 Å². The summed E-state index contributed by atoms with van der Waals surface area (Å²) < 4.78 is 13.7. The number of anilines is 2. The minimum absolute atomic E-state index is 0.104. The Morgan fingerprint density at radius 3 is 2.76 bits per heavy atom. The van der Waals surface area contributed by atoms with Gasteiger partial charge >= 0.3 is 0 Å². The van der Waals surface area contributed by atoms with Crippen LogP contribution in [-0.2, 0) is 16.6 Å². The summed E-state index contributed by atoms with van der Waals surface area (Å²) in [5, 5.41) is 12.0. The van der Waals surface area contributed by atoms with Crippen LogP contribution in [0.25, 0.3) is 0 Å². The summed E-state index contributed by atoms with van der Waals surface area (Å²) in [7, 11) is 1.85. The molecule has 33 heavy (non-hydrogen) atoms. The molecule has 0 saturated carbocycles. The van der Waals surface area contributed by atoms with Crippen LogP contribution in [0.1, 0.15) is 25.3 Å². The molecule has 2 aromatic carbocycles. The van der Waals surface area contributed by atoms with E-state index in [0.717, 1.165) is 0 Å². The summed E-state index contributed by atoms with van der Waals surface area (Å²) in [5.74, 6) is 1.94. The van der Waals surface area contributed by atoms with Crippen molar-refractivity contribution in [1.29, 1.82) is 0 Å². The number of benzene rings is 2. The molecule has 170 valence electrons. The van der Waals surface area contributed by atoms with Crippen molar-refractivity contribution >= 4 is 35.0 Å². The van der Waals surface area contributed by atoms with Gasteiger partial charge in [-0.2, -0.15) is 0 Å². The zero-order valence-corrected chi connectivity index (χ0v) is 19.0. The number of amides is 2. The van der Waals surface area contributed by atoms with E-state index < -0.39 is 6.10 Å². The fraction of sp³-hybridized carbons (Fsp3) is 0.304. The van der Waals surface area contributed by atoms with Crippen LogP contribution in [0.5, 0.6) is 11.5 Å². The average Bonchev–Trinajstić information content (AvgIpc) is 3.12. The summed E-state index contributed by atoms with van der Waals surface area (Å²) in [6.45, 7) is 2.21. The fourth-order valence-corrected chi connectivity index (χ4v) is 4.82. The number of carbonyl (C=O) groups is 2. The third-order valence-corrected chi connectivity index (χ3v) is 6.62. The van der Waals surface area contributed by atoms with Crippen LogP contribution in [0.15, 0.2) is 53.7 Å². The molecule has 2 atom stereocenters. The van der Waals surface area contributed by atoms with Crippen molar-refractivity contribution in [2.75, 3.05) is 22.6 Å². The van der Waals surface area contributed by atoms with Gasteiger partial charge in [0.1, 0.15) is 6.61 Å².